The zero-order valence-corrected chi connectivity index (χ0v) is 12.7. The molecule has 1 unspecified atom stereocenters. The van der Waals surface area contributed by atoms with Gasteiger partial charge >= 0.3 is 0 Å². The van der Waals surface area contributed by atoms with Gasteiger partial charge in [-0.15, -0.1) is 0 Å². The van der Waals surface area contributed by atoms with Crippen molar-refractivity contribution >= 4 is 10.0 Å². The van der Waals surface area contributed by atoms with Crippen LogP contribution in [0.2, 0.25) is 0 Å². The van der Waals surface area contributed by atoms with Gasteiger partial charge in [-0.2, -0.15) is 5.26 Å². The Morgan fingerprint density at radius 1 is 1.40 bits per heavy atom. The molecule has 5 nitrogen and oxygen atoms in total. The first-order chi connectivity index (χ1) is 9.26. The number of hydrogen-bond donors (Lipinski definition) is 2. The summed E-state index contributed by atoms with van der Waals surface area (Å²) in [4.78, 5) is 0.0771. The normalized spacial score (nSPS) is 13.2. The van der Waals surface area contributed by atoms with Crippen LogP contribution in [0.4, 0.5) is 0 Å². The van der Waals surface area contributed by atoms with Gasteiger partial charge in [0.1, 0.15) is 0 Å². The lowest BCUT2D eigenvalue weighted by Gasteiger charge is -2.15. The molecule has 0 amide bonds. The quantitative estimate of drug-likeness (QED) is 0.833. The zero-order chi connectivity index (χ0) is 15.3. The average molecular weight is 296 g/mol. The van der Waals surface area contributed by atoms with Crippen molar-refractivity contribution in [1.29, 1.82) is 5.26 Å². The Bertz CT molecular complexity index is 603. The van der Waals surface area contributed by atoms with E-state index < -0.39 is 16.1 Å². The van der Waals surface area contributed by atoms with Crippen LogP contribution in [0.25, 0.3) is 0 Å². The van der Waals surface area contributed by atoms with Crippen molar-refractivity contribution < 1.29 is 13.5 Å². The third kappa shape index (κ3) is 4.60. The molecule has 1 aromatic carbocycles. The molecule has 1 aromatic rings. The summed E-state index contributed by atoms with van der Waals surface area (Å²) in [5.41, 5.74) is 0.855. The van der Waals surface area contributed by atoms with E-state index in [2.05, 4.69) is 4.72 Å². The molecule has 0 heterocycles. The second-order valence-electron chi connectivity index (χ2n) is 5.23. The van der Waals surface area contributed by atoms with Crippen LogP contribution < -0.4 is 4.72 Å². The van der Waals surface area contributed by atoms with Crippen LogP contribution in [0.5, 0.6) is 0 Å². The Balaban J connectivity index is 2.87. The number of aliphatic hydroxyl groups is 1. The molecule has 0 aliphatic heterocycles. The number of nitrogens with zero attached hydrogens (tertiary/aromatic N) is 1. The summed E-state index contributed by atoms with van der Waals surface area (Å²) in [6.45, 7) is 5.55. The highest BCUT2D eigenvalue weighted by atomic mass is 32.2. The molecule has 0 saturated carbocycles. The lowest BCUT2D eigenvalue weighted by molar-refractivity contribution is 0.152. The van der Waals surface area contributed by atoms with Gasteiger partial charge in [-0.25, -0.2) is 13.1 Å². The number of nitriles is 1. The molecule has 110 valence electrons. The van der Waals surface area contributed by atoms with E-state index in [0.717, 1.165) is 0 Å². The van der Waals surface area contributed by atoms with Crippen molar-refractivity contribution in [2.45, 2.75) is 38.2 Å². The van der Waals surface area contributed by atoms with Gasteiger partial charge in [0, 0.05) is 6.54 Å². The maximum Gasteiger partial charge on any atom is 0.240 e. The minimum absolute atomic E-state index is 0.0310. The highest BCUT2D eigenvalue weighted by molar-refractivity contribution is 7.89. The lowest BCUT2D eigenvalue weighted by Crippen LogP contribution is -2.33. The van der Waals surface area contributed by atoms with Gasteiger partial charge < -0.3 is 5.11 Å². The highest BCUT2D eigenvalue weighted by Gasteiger charge is 2.19. The first-order valence-corrected chi connectivity index (χ1v) is 7.93. The van der Waals surface area contributed by atoms with Crippen LogP contribution in [0.3, 0.4) is 0 Å². The van der Waals surface area contributed by atoms with Crippen LogP contribution in [0.1, 0.15) is 31.4 Å². The van der Waals surface area contributed by atoms with Crippen molar-refractivity contribution in [2.75, 3.05) is 6.54 Å². The number of benzene rings is 1. The summed E-state index contributed by atoms with van der Waals surface area (Å²) >= 11 is 0. The SMILES string of the molecule is Cc1ccc(C#N)cc1S(=O)(=O)NCC(O)CC(C)C. The van der Waals surface area contributed by atoms with Crippen molar-refractivity contribution in [1.82, 2.24) is 4.72 Å². The largest absolute Gasteiger partial charge is 0.392 e. The van der Waals surface area contributed by atoms with Gasteiger partial charge in [-0.3, -0.25) is 0 Å². The third-order valence-electron chi connectivity index (χ3n) is 2.86. The highest BCUT2D eigenvalue weighted by Crippen LogP contribution is 2.16. The first-order valence-electron chi connectivity index (χ1n) is 6.44. The molecule has 1 atom stereocenters. The summed E-state index contributed by atoms with van der Waals surface area (Å²) in [7, 11) is -3.72. The number of aliphatic hydroxyl groups excluding tert-OH is 1. The minimum atomic E-state index is -3.72. The van der Waals surface area contributed by atoms with E-state index in [1.54, 1.807) is 19.1 Å². The Labute approximate surface area is 120 Å². The Morgan fingerprint density at radius 3 is 2.60 bits per heavy atom. The molecule has 0 aliphatic rings. The molecule has 2 N–H and O–H groups in total. The second-order valence-corrected chi connectivity index (χ2v) is 6.96. The van der Waals surface area contributed by atoms with Gasteiger partial charge in [0.25, 0.3) is 0 Å². The van der Waals surface area contributed by atoms with Gasteiger partial charge in [-0.1, -0.05) is 19.9 Å². The van der Waals surface area contributed by atoms with Gasteiger partial charge in [0.05, 0.1) is 22.6 Å². The number of hydrogen-bond acceptors (Lipinski definition) is 4. The number of sulfonamides is 1. The molecule has 0 aromatic heterocycles. The summed E-state index contributed by atoms with van der Waals surface area (Å²) in [5.74, 6) is 0.290. The van der Waals surface area contributed by atoms with E-state index in [9.17, 15) is 13.5 Å². The molecule has 0 fully saturated rings. The summed E-state index contributed by atoms with van der Waals surface area (Å²) in [6.07, 6.45) is -0.191. The number of aryl methyl sites for hydroxylation is 1. The predicted molar refractivity (Wildman–Crippen MR) is 76.5 cm³/mol. The molecule has 0 spiro atoms. The van der Waals surface area contributed by atoms with Crippen molar-refractivity contribution in [3.8, 4) is 6.07 Å². The number of rotatable bonds is 6. The molecule has 1 rings (SSSR count). The Kier molecular flexibility index (Phi) is 5.69. The van der Waals surface area contributed by atoms with E-state index in [-0.39, 0.29) is 17.4 Å². The average Bonchev–Trinajstić information content (AvgIpc) is 2.36. The molecule has 20 heavy (non-hydrogen) atoms. The van der Waals surface area contributed by atoms with E-state index in [0.29, 0.717) is 17.5 Å². The van der Waals surface area contributed by atoms with Gasteiger partial charge in [0.15, 0.2) is 0 Å². The van der Waals surface area contributed by atoms with E-state index in [1.165, 1.54) is 6.07 Å². The fourth-order valence-corrected chi connectivity index (χ4v) is 3.21. The maximum atomic E-state index is 12.2. The van der Waals surface area contributed by atoms with E-state index in [1.807, 2.05) is 19.9 Å². The number of nitrogens with one attached hydrogen (secondary N) is 1. The topological polar surface area (TPSA) is 90.2 Å². The maximum absolute atomic E-state index is 12.2. The van der Waals surface area contributed by atoms with Crippen LogP contribution in [-0.2, 0) is 10.0 Å². The predicted octanol–water partition coefficient (Wildman–Crippen LogP) is 1.55. The minimum Gasteiger partial charge on any atom is -0.392 e. The Hall–Kier alpha value is -1.42. The molecule has 0 aliphatic carbocycles. The fourth-order valence-electron chi connectivity index (χ4n) is 1.87. The van der Waals surface area contributed by atoms with Crippen molar-refractivity contribution in [3.63, 3.8) is 0 Å². The first kappa shape index (κ1) is 16.6. The van der Waals surface area contributed by atoms with E-state index in [4.69, 9.17) is 5.26 Å². The summed E-state index contributed by atoms with van der Waals surface area (Å²) < 4.78 is 26.7. The van der Waals surface area contributed by atoms with Gasteiger partial charge in [-0.05, 0) is 37.0 Å². The molecule has 0 saturated heterocycles. The zero-order valence-electron chi connectivity index (χ0n) is 11.9. The molecule has 0 radical (unpaired) electrons. The van der Waals surface area contributed by atoms with Crippen molar-refractivity contribution in [3.05, 3.63) is 29.3 Å². The van der Waals surface area contributed by atoms with Crippen molar-refractivity contribution in [2.24, 2.45) is 5.92 Å². The standard InChI is InChI=1S/C14H20N2O3S/c1-10(2)6-13(17)9-16-20(18,19)14-7-12(8-15)5-4-11(14)3/h4-5,7,10,13,16-17H,6,9H2,1-3H3. The lowest BCUT2D eigenvalue weighted by atomic mass is 10.1. The summed E-state index contributed by atoms with van der Waals surface area (Å²) in [6, 6.07) is 6.42. The molecular weight excluding hydrogens is 276 g/mol. The monoisotopic (exact) mass is 296 g/mol. The summed E-state index contributed by atoms with van der Waals surface area (Å²) in [5, 5.41) is 18.6. The van der Waals surface area contributed by atoms with Crippen LogP contribution in [0.15, 0.2) is 23.1 Å². The smallest absolute Gasteiger partial charge is 0.240 e. The van der Waals surface area contributed by atoms with Gasteiger partial charge in [0.2, 0.25) is 10.0 Å². The molecular formula is C14H20N2O3S. The molecule has 6 heteroatoms. The van der Waals surface area contributed by atoms with E-state index >= 15 is 0 Å². The van der Waals surface area contributed by atoms with Crippen LogP contribution in [0, 0.1) is 24.2 Å². The van der Waals surface area contributed by atoms with Crippen LogP contribution >= 0.6 is 0 Å². The molecule has 0 bridgehead atoms. The Morgan fingerprint density at radius 2 is 2.05 bits per heavy atom. The second kappa shape index (κ2) is 6.84. The fraction of sp³-hybridized carbons (Fsp3) is 0.500. The third-order valence-corrected chi connectivity index (χ3v) is 4.42. The van der Waals surface area contributed by atoms with Crippen LogP contribution in [-0.4, -0.2) is 26.2 Å².